The van der Waals surface area contributed by atoms with E-state index in [0.717, 1.165) is 10.5 Å². The van der Waals surface area contributed by atoms with E-state index in [1.54, 1.807) is 38.1 Å². The molecule has 2 N–H and O–H groups in total. The molecule has 4 aromatic rings. The van der Waals surface area contributed by atoms with Gasteiger partial charge in [-0.2, -0.15) is 0 Å². The maximum Gasteiger partial charge on any atom is 0.264 e. The SMILES string of the molecule is Cc1noc(NS(=O)(=O)c2ccc(NC(=O)C(Cc3ccccc3)N3C(=O)c4ccccc4C3=O)cc2)c1C. The number of hydrogen-bond donors (Lipinski definition) is 2. The first-order valence-electron chi connectivity index (χ1n) is 12.0. The van der Waals surface area contributed by atoms with E-state index in [0.29, 0.717) is 16.9 Å². The van der Waals surface area contributed by atoms with Crippen LogP contribution in [0, 0.1) is 13.8 Å². The molecule has 10 nitrogen and oxygen atoms in total. The number of sulfonamides is 1. The predicted octanol–water partition coefficient (Wildman–Crippen LogP) is 3.94. The topological polar surface area (TPSA) is 139 Å². The lowest BCUT2D eigenvalue weighted by molar-refractivity contribution is -0.119. The van der Waals surface area contributed by atoms with Crippen LogP contribution in [0.3, 0.4) is 0 Å². The Labute approximate surface area is 224 Å². The number of fused-ring (bicyclic) bond motifs is 1. The summed E-state index contributed by atoms with van der Waals surface area (Å²) < 4.78 is 33.0. The van der Waals surface area contributed by atoms with Crippen LogP contribution in [-0.4, -0.2) is 42.2 Å². The van der Waals surface area contributed by atoms with E-state index in [1.165, 1.54) is 24.3 Å². The van der Waals surface area contributed by atoms with E-state index in [2.05, 4.69) is 15.2 Å². The number of rotatable bonds is 8. The molecule has 0 radical (unpaired) electrons. The maximum absolute atomic E-state index is 13.5. The number of anilines is 2. The van der Waals surface area contributed by atoms with Gasteiger partial charge in [0.1, 0.15) is 6.04 Å². The maximum atomic E-state index is 13.5. The number of amides is 3. The number of carbonyl (C=O) groups is 3. The fourth-order valence-electron chi connectivity index (χ4n) is 4.26. The average molecular weight is 545 g/mol. The Hall–Kier alpha value is -4.77. The van der Waals surface area contributed by atoms with Crippen LogP contribution in [0.1, 0.15) is 37.5 Å². The van der Waals surface area contributed by atoms with Crippen molar-refractivity contribution in [3.8, 4) is 0 Å². The van der Waals surface area contributed by atoms with Crippen LogP contribution in [0.2, 0.25) is 0 Å². The molecule has 3 amide bonds. The Bertz CT molecular complexity index is 1650. The average Bonchev–Trinajstić information content (AvgIpc) is 3.38. The van der Waals surface area contributed by atoms with Gasteiger partial charge in [0.15, 0.2) is 0 Å². The summed E-state index contributed by atoms with van der Waals surface area (Å²) >= 11 is 0. The zero-order valence-electron chi connectivity index (χ0n) is 21.0. The summed E-state index contributed by atoms with van der Waals surface area (Å²) in [5.41, 5.74) is 2.68. The van der Waals surface area contributed by atoms with E-state index in [-0.39, 0.29) is 28.3 Å². The second kappa shape index (κ2) is 10.2. The molecule has 0 fully saturated rings. The quantitative estimate of drug-likeness (QED) is 0.320. The number of benzene rings is 3. The molecule has 1 unspecified atom stereocenters. The van der Waals surface area contributed by atoms with Gasteiger partial charge >= 0.3 is 0 Å². The molecule has 1 aliphatic rings. The van der Waals surface area contributed by atoms with Crippen molar-refractivity contribution in [1.29, 1.82) is 0 Å². The highest BCUT2D eigenvalue weighted by atomic mass is 32.2. The largest absolute Gasteiger partial charge is 0.337 e. The van der Waals surface area contributed by atoms with Crippen molar-refractivity contribution in [2.24, 2.45) is 0 Å². The molecule has 1 aliphatic heterocycles. The first-order valence-corrected chi connectivity index (χ1v) is 13.5. The fourth-order valence-corrected chi connectivity index (χ4v) is 5.31. The van der Waals surface area contributed by atoms with Crippen LogP contribution >= 0.6 is 0 Å². The molecular formula is C28H24N4O6S. The lowest BCUT2D eigenvalue weighted by Gasteiger charge is -2.25. The highest BCUT2D eigenvalue weighted by molar-refractivity contribution is 7.92. The molecule has 3 aromatic carbocycles. The van der Waals surface area contributed by atoms with Crippen LogP contribution in [0.5, 0.6) is 0 Å². The van der Waals surface area contributed by atoms with Gasteiger partial charge in [-0.05, 0) is 55.8 Å². The van der Waals surface area contributed by atoms with Crippen LogP contribution < -0.4 is 10.0 Å². The van der Waals surface area contributed by atoms with Crippen molar-refractivity contribution in [1.82, 2.24) is 10.1 Å². The monoisotopic (exact) mass is 544 g/mol. The van der Waals surface area contributed by atoms with Gasteiger partial charge in [0.25, 0.3) is 21.8 Å². The van der Waals surface area contributed by atoms with E-state index < -0.39 is 33.8 Å². The number of carbonyl (C=O) groups excluding carboxylic acids is 3. The van der Waals surface area contributed by atoms with Crippen LogP contribution in [0.15, 0.2) is 88.3 Å². The molecule has 11 heteroatoms. The third-order valence-corrected chi connectivity index (χ3v) is 7.87. The standard InChI is InChI=1S/C28H24N4O6S/c1-17-18(2)30-38-26(17)31-39(36,37)21-14-12-20(13-15-21)29-25(33)24(16-19-8-4-3-5-9-19)32-27(34)22-10-6-7-11-23(22)28(32)35/h3-15,24,31H,16H2,1-2H3,(H,29,33). The zero-order valence-corrected chi connectivity index (χ0v) is 21.9. The third-order valence-electron chi connectivity index (χ3n) is 6.53. The van der Waals surface area contributed by atoms with Crippen LogP contribution in [-0.2, 0) is 21.2 Å². The molecule has 0 spiro atoms. The van der Waals surface area contributed by atoms with Crippen molar-refractivity contribution < 1.29 is 27.3 Å². The molecule has 0 saturated carbocycles. The first kappa shape index (κ1) is 25.9. The van der Waals surface area contributed by atoms with E-state index in [4.69, 9.17) is 4.52 Å². The molecular weight excluding hydrogens is 520 g/mol. The number of nitrogens with zero attached hydrogens (tertiary/aromatic N) is 2. The molecule has 198 valence electrons. The molecule has 0 bridgehead atoms. The van der Waals surface area contributed by atoms with E-state index in [1.807, 2.05) is 30.3 Å². The summed E-state index contributed by atoms with van der Waals surface area (Å²) in [5.74, 6) is -1.65. The van der Waals surface area contributed by atoms with Gasteiger partial charge in [0.05, 0.1) is 21.7 Å². The third kappa shape index (κ3) is 5.04. The highest BCUT2D eigenvalue weighted by Crippen LogP contribution is 2.27. The lowest BCUT2D eigenvalue weighted by atomic mass is 10.0. The normalized spacial score (nSPS) is 13.7. The van der Waals surface area contributed by atoms with Crippen LogP contribution in [0.4, 0.5) is 11.6 Å². The summed E-state index contributed by atoms with van der Waals surface area (Å²) in [6.45, 7) is 3.38. The number of nitrogens with one attached hydrogen (secondary N) is 2. The molecule has 0 aliphatic carbocycles. The molecule has 39 heavy (non-hydrogen) atoms. The second-order valence-electron chi connectivity index (χ2n) is 9.07. The van der Waals surface area contributed by atoms with Crippen molar-refractivity contribution in [3.63, 3.8) is 0 Å². The Morgan fingerprint density at radius 1 is 0.897 bits per heavy atom. The summed E-state index contributed by atoms with van der Waals surface area (Å²) in [6, 6.07) is 19.9. The van der Waals surface area contributed by atoms with E-state index in [9.17, 15) is 22.8 Å². The Balaban J connectivity index is 1.38. The van der Waals surface area contributed by atoms with Gasteiger partial charge in [-0.15, -0.1) is 0 Å². The molecule has 1 atom stereocenters. The smallest absolute Gasteiger partial charge is 0.264 e. The summed E-state index contributed by atoms with van der Waals surface area (Å²) in [4.78, 5) is 40.8. The van der Waals surface area contributed by atoms with Gasteiger partial charge < -0.3 is 9.84 Å². The predicted molar refractivity (Wildman–Crippen MR) is 143 cm³/mol. The molecule has 2 heterocycles. The summed E-state index contributed by atoms with van der Waals surface area (Å²) in [7, 11) is -3.98. The van der Waals surface area contributed by atoms with Crippen molar-refractivity contribution in [2.45, 2.75) is 31.2 Å². The summed E-state index contributed by atoms with van der Waals surface area (Å²) in [6.07, 6.45) is 0.102. The van der Waals surface area contributed by atoms with Crippen molar-refractivity contribution >= 4 is 39.3 Å². The van der Waals surface area contributed by atoms with Crippen molar-refractivity contribution in [3.05, 3.63) is 107 Å². The molecule has 1 aromatic heterocycles. The van der Waals surface area contributed by atoms with Crippen LogP contribution in [0.25, 0.3) is 0 Å². The Morgan fingerprint density at radius 3 is 2.05 bits per heavy atom. The summed E-state index contributed by atoms with van der Waals surface area (Å²) in [5, 5.41) is 6.46. The minimum Gasteiger partial charge on any atom is -0.337 e. The van der Waals surface area contributed by atoms with Crippen molar-refractivity contribution in [2.75, 3.05) is 10.0 Å². The first-order chi connectivity index (χ1) is 18.7. The Kier molecular flexibility index (Phi) is 6.75. The minimum absolute atomic E-state index is 0.0228. The number of aromatic nitrogens is 1. The molecule has 0 saturated heterocycles. The number of aryl methyl sites for hydroxylation is 1. The van der Waals surface area contributed by atoms with Gasteiger partial charge in [-0.25, -0.2) is 13.1 Å². The minimum atomic E-state index is -3.98. The van der Waals surface area contributed by atoms with E-state index >= 15 is 0 Å². The second-order valence-corrected chi connectivity index (χ2v) is 10.8. The fraction of sp³-hybridized carbons (Fsp3) is 0.143. The van der Waals surface area contributed by atoms with Gasteiger partial charge in [0.2, 0.25) is 11.8 Å². The highest BCUT2D eigenvalue weighted by Gasteiger charge is 2.42. The number of imide groups is 1. The zero-order chi connectivity index (χ0) is 27.7. The lowest BCUT2D eigenvalue weighted by Crippen LogP contribution is -2.48. The molecule has 5 rings (SSSR count). The van der Waals surface area contributed by atoms with Gasteiger partial charge in [-0.3, -0.25) is 19.3 Å². The number of hydrogen-bond acceptors (Lipinski definition) is 7. The van der Waals surface area contributed by atoms with Gasteiger partial charge in [-0.1, -0.05) is 47.6 Å². The Morgan fingerprint density at radius 2 is 1.49 bits per heavy atom. The van der Waals surface area contributed by atoms with Gasteiger partial charge in [0, 0.05) is 17.7 Å².